The van der Waals surface area contributed by atoms with Crippen molar-refractivity contribution in [2.24, 2.45) is 11.8 Å². The number of rotatable bonds is 0. The van der Waals surface area contributed by atoms with Gasteiger partial charge < -0.3 is 5.11 Å². The molecule has 3 atom stereocenters. The molecule has 0 amide bonds. The fourth-order valence-electron chi connectivity index (χ4n) is 2.04. The lowest BCUT2D eigenvalue weighted by Gasteiger charge is -2.13. The van der Waals surface area contributed by atoms with E-state index in [0.29, 0.717) is 5.92 Å². The highest BCUT2D eigenvalue weighted by Crippen LogP contribution is 2.41. The van der Waals surface area contributed by atoms with Crippen molar-refractivity contribution < 1.29 is 9.90 Å². The highest BCUT2D eigenvalue weighted by atomic mass is 16.3. The lowest BCUT2D eigenvalue weighted by atomic mass is 9.97. The molecule has 3 unspecified atom stereocenters. The first-order chi connectivity index (χ1) is 4.29. The summed E-state index contributed by atoms with van der Waals surface area (Å²) in [4.78, 5) is 10.9. The van der Waals surface area contributed by atoms with Gasteiger partial charge >= 0.3 is 0 Å². The van der Waals surface area contributed by atoms with Crippen LogP contribution in [0, 0.1) is 11.8 Å². The summed E-state index contributed by atoms with van der Waals surface area (Å²) in [5.74, 6) is 0.652. The maximum atomic E-state index is 10.9. The Hall–Kier alpha value is -0.370. The normalized spacial score (nSPS) is 48.6. The Balaban J connectivity index is 2.25. The number of carbonyl (C=O) groups excluding carboxylic acids is 1. The second-order valence-electron chi connectivity index (χ2n) is 3.12. The molecule has 2 aliphatic rings. The number of hydrogen-bond donors (Lipinski definition) is 1. The predicted molar refractivity (Wildman–Crippen MR) is 31.8 cm³/mol. The largest absolute Gasteiger partial charge is 0.385 e. The van der Waals surface area contributed by atoms with Gasteiger partial charge in [0.05, 0.1) is 0 Å². The minimum Gasteiger partial charge on any atom is -0.385 e. The molecule has 2 saturated carbocycles. The summed E-state index contributed by atoms with van der Waals surface area (Å²) in [6.07, 6.45) is 2.46. The van der Waals surface area contributed by atoms with Gasteiger partial charge in [0, 0.05) is 5.92 Å². The Morgan fingerprint density at radius 1 is 1.44 bits per heavy atom. The lowest BCUT2D eigenvalue weighted by Crippen LogP contribution is -2.26. The van der Waals surface area contributed by atoms with Gasteiger partial charge in [0.2, 0.25) is 0 Å². The van der Waals surface area contributed by atoms with Crippen molar-refractivity contribution in [1.29, 1.82) is 0 Å². The first-order valence-electron chi connectivity index (χ1n) is 3.51. The van der Waals surface area contributed by atoms with Gasteiger partial charge in [-0.1, -0.05) is 0 Å². The number of aliphatic hydroxyl groups excluding tert-OH is 1. The third kappa shape index (κ3) is 0.568. The summed E-state index contributed by atoms with van der Waals surface area (Å²) in [5, 5.41) is 9.14. The van der Waals surface area contributed by atoms with Crippen LogP contribution in [0.25, 0.3) is 0 Å². The van der Waals surface area contributed by atoms with Crippen molar-refractivity contribution in [3.63, 3.8) is 0 Å². The zero-order valence-electron chi connectivity index (χ0n) is 5.21. The lowest BCUT2D eigenvalue weighted by molar-refractivity contribution is -0.130. The molecule has 50 valence electrons. The molecule has 0 aromatic heterocycles. The minimum absolute atomic E-state index is 0.103. The standard InChI is InChI=1S/C7H10O2/c8-6-4-1-2-5(3-4)7(6)9/h4-6,8H,1-3H2. The smallest absolute Gasteiger partial charge is 0.164 e. The van der Waals surface area contributed by atoms with Crippen LogP contribution >= 0.6 is 0 Å². The van der Waals surface area contributed by atoms with Crippen LogP contribution in [0.15, 0.2) is 0 Å². The van der Waals surface area contributed by atoms with E-state index in [4.69, 9.17) is 5.11 Å². The van der Waals surface area contributed by atoms with Crippen LogP contribution in [-0.2, 0) is 4.79 Å². The molecular formula is C7H10O2. The van der Waals surface area contributed by atoms with Crippen molar-refractivity contribution in [3.05, 3.63) is 0 Å². The molecule has 0 heterocycles. The van der Waals surface area contributed by atoms with Crippen molar-refractivity contribution in [2.75, 3.05) is 0 Å². The number of Topliss-reactive ketones (excluding diaryl/α,β-unsaturated/α-hetero) is 1. The summed E-state index contributed by atoms with van der Waals surface area (Å²) >= 11 is 0. The molecule has 1 N–H and O–H groups in total. The monoisotopic (exact) mass is 126 g/mol. The number of ketones is 1. The maximum absolute atomic E-state index is 10.9. The summed E-state index contributed by atoms with van der Waals surface area (Å²) < 4.78 is 0. The molecule has 0 saturated heterocycles. The predicted octanol–water partition coefficient (Wildman–Crippen LogP) is 0.346. The van der Waals surface area contributed by atoms with Gasteiger partial charge in [-0.3, -0.25) is 4.79 Å². The van der Waals surface area contributed by atoms with Crippen LogP contribution in [0.2, 0.25) is 0 Å². The summed E-state index contributed by atoms with van der Waals surface area (Å²) in [5.41, 5.74) is 0. The van der Waals surface area contributed by atoms with Gasteiger partial charge in [-0.05, 0) is 25.2 Å². The van der Waals surface area contributed by atoms with Crippen LogP contribution < -0.4 is 0 Å². The molecular weight excluding hydrogens is 116 g/mol. The van der Waals surface area contributed by atoms with E-state index in [-0.39, 0.29) is 11.7 Å². The molecule has 9 heavy (non-hydrogen) atoms. The molecule has 0 aromatic carbocycles. The van der Waals surface area contributed by atoms with Crippen molar-refractivity contribution in [1.82, 2.24) is 0 Å². The van der Waals surface area contributed by atoms with E-state index >= 15 is 0 Å². The summed E-state index contributed by atoms with van der Waals surface area (Å²) in [6.45, 7) is 0. The van der Waals surface area contributed by atoms with Crippen molar-refractivity contribution >= 4 is 5.78 Å². The third-order valence-electron chi connectivity index (χ3n) is 2.61. The van der Waals surface area contributed by atoms with E-state index in [1.165, 1.54) is 0 Å². The van der Waals surface area contributed by atoms with Crippen molar-refractivity contribution in [3.8, 4) is 0 Å². The van der Waals surface area contributed by atoms with E-state index in [1.807, 2.05) is 0 Å². The highest BCUT2D eigenvalue weighted by molar-refractivity contribution is 5.88. The topological polar surface area (TPSA) is 37.3 Å². The quantitative estimate of drug-likeness (QED) is 0.508. The zero-order chi connectivity index (χ0) is 6.43. The fourth-order valence-corrected chi connectivity index (χ4v) is 2.04. The number of hydrogen-bond acceptors (Lipinski definition) is 2. The summed E-state index contributed by atoms with van der Waals surface area (Å²) in [7, 11) is 0. The van der Waals surface area contributed by atoms with E-state index in [0.717, 1.165) is 19.3 Å². The second-order valence-corrected chi connectivity index (χ2v) is 3.12. The molecule has 2 heteroatoms. The van der Waals surface area contributed by atoms with Crippen LogP contribution in [0.3, 0.4) is 0 Å². The Bertz CT molecular complexity index is 149. The van der Waals surface area contributed by atoms with E-state index < -0.39 is 6.10 Å². The molecule has 2 aliphatic carbocycles. The Morgan fingerprint density at radius 2 is 2.22 bits per heavy atom. The van der Waals surface area contributed by atoms with Crippen LogP contribution in [0.4, 0.5) is 0 Å². The van der Waals surface area contributed by atoms with Gasteiger partial charge in [-0.2, -0.15) is 0 Å². The van der Waals surface area contributed by atoms with Crippen LogP contribution in [-0.4, -0.2) is 17.0 Å². The molecule has 2 fully saturated rings. The summed E-state index contributed by atoms with van der Waals surface area (Å²) in [6, 6.07) is 0. The number of fused-ring (bicyclic) bond motifs is 2. The SMILES string of the molecule is O=C1C2CCC(C2)C1O. The molecule has 2 rings (SSSR count). The minimum atomic E-state index is -0.594. The Morgan fingerprint density at radius 3 is 2.56 bits per heavy atom. The fraction of sp³-hybridized carbons (Fsp3) is 0.857. The Kier molecular flexibility index (Phi) is 0.943. The first-order valence-corrected chi connectivity index (χ1v) is 3.51. The van der Waals surface area contributed by atoms with Gasteiger partial charge in [0.25, 0.3) is 0 Å². The van der Waals surface area contributed by atoms with Crippen molar-refractivity contribution in [2.45, 2.75) is 25.4 Å². The molecule has 0 aromatic rings. The zero-order valence-corrected chi connectivity index (χ0v) is 5.21. The molecule has 0 spiro atoms. The maximum Gasteiger partial charge on any atom is 0.164 e. The van der Waals surface area contributed by atoms with Gasteiger partial charge in [-0.15, -0.1) is 0 Å². The average Bonchev–Trinajstić information content (AvgIpc) is 2.37. The first kappa shape index (κ1) is 5.42. The Labute approximate surface area is 53.9 Å². The van der Waals surface area contributed by atoms with E-state index in [1.54, 1.807) is 0 Å². The van der Waals surface area contributed by atoms with Crippen LogP contribution in [0.5, 0.6) is 0 Å². The van der Waals surface area contributed by atoms with Gasteiger partial charge in [0.15, 0.2) is 5.78 Å². The molecule has 2 nitrogen and oxygen atoms in total. The molecule has 0 aliphatic heterocycles. The van der Waals surface area contributed by atoms with E-state index in [9.17, 15) is 4.79 Å². The van der Waals surface area contributed by atoms with Gasteiger partial charge in [0.1, 0.15) is 6.10 Å². The molecule has 0 radical (unpaired) electrons. The second kappa shape index (κ2) is 1.57. The number of aliphatic hydroxyl groups is 1. The molecule has 2 bridgehead atoms. The number of carbonyl (C=O) groups is 1. The van der Waals surface area contributed by atoms with Gasteiger partial charge in [-0.25, -0.2) is 0 Å². The van der Waals surface area contributed by atoms with Crippen LogP contribution in [0.1, 0.15) is 19.3 Å². The average molecular weight is 126 g/mol. The third-order valence-corrected chi connectivity index (χ3v) is 2.61. The van der Waals surface area contributed by atoms with E-state index in [2.05, 4.69) is 0 Å². The highest BCUT2D eigenvalue weighted by Gasteiger charge is 2.45.